The van der Waals surface area contributed by atoms with Gasteiger partial charge in [-0.05, 0) is 18.9 Å². The largest absolute Gasteiger partial charge is 0.355 e. The van der Waals surface area contributed by atoms with E-state index in [4.69, 9.17) is 5.73 Å². The molecule has 0 radical (unpaired) electrons. The molecule has 1 unspecified atom stereocenters. The Bertz CT molecular complexity index is 285. The summed E-state index contributed by atoms with van der Waals surface area (Å²) in [5.41, 5.74) is 6.81. The van der Waals surface area contributed by atoms with Crippen molar-refractivity contribution >= 4 is 5.91 Å². The maximum absolute atomic E-state index is 11.3. The van der Waals surface area contributed by atoms with Gasteiger partial charge in [0.15, 0.2) is 0 Å². The molecule has 0 aliphatic heterocycles. The molecule has 76 valence electrons. The molecule has 0 aliphatic carbocycles. The van der Waals surface area contributed by atoms with E-state index in [-0.39, 0.29) is 5.91 Å². The predicted octanol–water partition coefficient (Wildman–Crippen LogP) is 0.693. The molecule has 0 bridgehead atoms. The SMILES string of the molecule is CCNC(=O)C(N)Cc1ccccc1. The number of amides is 1. The van der Waals surface area contributed by atoms with Crippen LogP contribution in [0.25, 0.3) is 0 Å². The van der Waals surface area contributed by atoms with E-state index in [1.54, 1.807) is 0 Å². The van der Waals surface area contributed by atoms with Gasteiger partial charge in [0.2, 0.25) is 5.91 Å². The molecule has 3 N–H and O–H groups in total. The maximum atomic E-state index is 11.3. The minimum atomic E-state index is -0.447. The van der Waals surface area contributed by atoms with Crippen LogP contribution in [-0.4, -0.2) is 18.5 Å². The Morgan fingerprint density at radius 2 is 2.07 bits per heavy atom. The van der Waals surface area contributed by atoms with Crippen molar-refractivity contribution in [3.05, 3.63) is 35.9 Å². The van der Waals surface area contributed by atoms with E-state index in [0.29, 0.717) is 13.0 Å². The van der Waals surface area contributed by atoms with E-state index in [0.717, 1.165) is 5.56 Å². The molecule has 3 heteroatoms. The lowest BCUT2D eigenvalue weighted by Gasteiger charge is -2.10. The van der Waals surface area contributed by atoms with E-state index in [9.17, 15) is 4.79 Å². The molecule has 1 rings (SSSR count). The summed E-state index contributed by atoms with van der Waals surface area (Å²) in [5.74, 6) is -0.0867. The number of hydrogen-bond acceptors (Lipinski definition) is 2. The zero-order chi connectivity index (χ0) is 10.4. The fourth-order valence-electron chi connectivity index (χ4n) is 1.27. The number of carbonyl (C=O) groups is 1. The third kappa shape index (κ3) is 3.18. The van der Waals surface area contributed by atoms with Crippen LogP contribution in [0.5, 0.6) is 0 Å². The van der Waals surface area contributed by atoms with E-state index in [1.807, 2.05) is 37.3 Å². The summed E-state index contributed by atoms with van der Waals surface area (Å²) in [7, 11) is 0. The van der Waals surface area contributed by atoms with Crippen LogP contribution in [0.4, 0.5) is 0 Å². The van der Waals surface area contributed by atoms with Crippen LogP contribution < -0.4 is 11.1 Å². The number of nitrogens with one attached hydrogen (secondary N) is 1. The minimum Gasteiger partial charge on any atom is -0.355 e. The van der Waals surface area contributed by atoms with Crippen molar-refractivity contribution in [2.24, 2.45) is 5.73 Å². The predicted molar refractivity (Wildman–Crippen MR) is 56.8 cm³/mol. The highest BCUT2D eigenvalue weighted by Gasteiger charge is 2.12. The Morgan fingerprint density at radius 3 is 2.64 bits per heavy atom. The van der Waals surface area contributed by atoms with Crippen molar-refractivity contribution in [3.63, 3.8) is 0 Å². The smallest absolute Gasteiger partial charge is 0.237 e. The quantitative estimate of drug-likeness (QED) is 0.737. The standard InChI is InChI=1S/C11H16N2O/c1-2-13-11(14)10(12)8-9-6-4-3-5-7-9/h3-7,10H,2,8,12H2,1H3,(H,13,14). The first-order chi connectivity index (χ1) is 6.74. The molecule has 0 saturated heterocycles. The van der Waals surface area contributed by atoms with Crippen molar-refractivity contribution < 1.29 is 4.79 Å². The third-order valence-corrected chi connectivity index (χ3v) is 1.99. The monoisotopic (exact) mass is 192 g/mol. The van der Waals surface area contributed by atoms with E-state index in [2.05, 4.69) is 5.32 Å². The first-order valence-corrected chi connectivity index (χ1v) is 4.81. The Morgan fingerprint density at radius 1 is 1.43 bits per heavy atom. The van der Waals surface area contributed by atoms with Crippen molar-refractivity contribution in [2.45, 2.75) is 19.4 Å². The van der Waals surface area contributed by atoms with Crippen LogP contribution in [0.3, 0.4) is 0 Å². The van der Waals surface area contributed by atoms with Gasteiger partial charge in [0.25, 0.3) is 0 Å². The topological polar surface area (TPSA) is 55.1 Å². The molecule has 1 aromatic carbocycles. The molecule has 0 aliphatic rings. The number of carbonyl (C=O) groups excluding carboxylic acids is 1. The van der Waals surface area contributed by atoms with Gasteiger partial charge in [-0.3, -0.25) is 4.79 Å². The highest BCUT2D eigenvalue weighted by molar-refractivity contribution is 5.81. The van der Waals surface area contributed by atoms with Crippen molar-refractivity contribution in [3.8, 4) is 0 Å². The lowest BCUT2D eigenvalue weighted by atomic mass is 10.1. The maximum Gasteiger partial charge on any atom is 0.237 e. The third-order valence-electron chi connectivity index (χ3n) is 1.99. The van der Waals surface area contributed by atoms with E-state index < -0.39 is 6.04 Å². The van der Waals surface area contributed by atoms with Crippen LogP contribution in [0.1, 0.15) is 12.5 Å². The first kappa shape index (κ1) is 10.7. The second-order valence-electron chi connectivity index (χ2n) is 3.19. The summed E-state index contributed by atoms with van der Waals surface area (Å²) >= 11 is 0. The van der Waals surface area contributed by atoms with Gasteiger partial charge in [-0.1, -0.05) is 30.3 Å². The van der Waals surface area contributed by atoms with Gasteiger partial charge < -0.3 is 11.1 Å². The zero-order valence-electron chi connectivity index (χ0n) is 8.36. The fraction of sp³-hybridized carbons (Fsp3) is 0.364. The molecule has 1 amide bonds. The number of hydrogen-bond donors (Lipinski definition) is 2. The molecule has 14 heavy (non-hydrogen) atoms. The van der Waals surface area contributed by atoms with Gasteiger partial charge in [0.05, 0.1) is 6.04 Å². The van der Waals surface area contributed by atoms with Crippen LogP contribution >= 0.6 is 0 Å². The number of benzene rings is 1. The number of nitrogens with two attached hydrogens (primary N) is 1. The Kier molecular flexibility index (Phi) is 4.13. The molecule has 1 aromatic rings. The highest BCUT2D eigenvalue weighted by Crippen LogP contribution is 2.01. The van der Waals surface area contributed by atoms with Crippen LogP contribution in [0.15, 0.2) is 30.3 Å². The second kappa shape index (κ2) is 5.40. The Balaban J connectivity index is 2.49. The van der Waals surface area contributed by atoms with Crippen LogP contribution in [0, 0.1) is 0 Å². The summed E-state index contributed by atoms with van der Waals surface area (Å²) in [6, 6.07) is 9.33. The summed E-state index contributed by atoms with van der Waals surface area (Å²) in [4.78, 5) is 11.3. The van der Waals surface area contributed by atoms with E-state index >= 15 is 0 Å². The Labute approximate surface area is 84.3 Å². The molecule has 0 saturated carbocycles. The minimum absolute atomic E-state index is 0.0867. The summed E-state index contributed by atoms with van der Waals surface area (Å²) in [6.45, 7) is 2.51. The second-order valence-corrected chi connectivity index (χ2v) is 3.19. The van der Waals surface area contributed by atoms with E-state index in [1.165, 1.54) is 0 Å². The van der Waals surface area contributed by atoms with Crippen molar-refractivity contribution in [2.75, 3.05) is 6.54 Å². The van der Waals surface area contributed by atoms with Gasteiger partial charge >= 0.3 is 0 Å². The highest BCUT2D eigenvalue weighted by atomic mass is 16.2. The average Bonchev–Trinajstić information content (AvgIpc) is 2.19. The van der Waals surface area contributed by atoms with Crippen molar-refractivity contribution in [1.82, 2.24) is 5.32 Å². The average molecular weight is 192 g/mol. The van der Waals surface area contributed by atoms with Gasteiger partial charge in [-0.2, -0.15) is 0 Å². The lowest BCUT2D eigenvalue weighted by molar-refractivity contribution is -0.122. The molecule has 0 fully saturated rings. The Hall–Kier alpha value is -1.35. The fourth-order valence-corrected chi connectivity index (χ4v) is 1.27. The summed E-state index contributed by atoms with van der Waals surface area (Å²) < 4.78 is 0. The van der Waals surface area contributed by atoms with Crippen LogP contribution in [0.2, 0.25) is 0 Å². The molecule has 0 heterocycles. The van der Waals surface area contributed by atoms with Gasteiger partial charge in [0.1, 0.15) is 0 Å². The molecule has 1 atom stereocenters. The summed E-state index contributed by atoms with van der Waals surface area (Å²) in [5, 5.41) is 2.70. The van der Waals surface area contributed by atoms with Crippen molar-refractivity contribution in [1.29, 1.82) is 0 Å². The molecule has 0 aromatic heterocycles. The molecule has 0 spiro atoms. The normalized spacial score (nSPS) is 12.1. The van der Waals surface area contributed by atoms with Gasteiger partial charge in [-0.25, -0.2) is 0 Å². The molecular weight excluding hydrogens is 176 g/mol. The first-order valence-electron chi connectivity index (χ1n) is 4.81. The summed E-state index contributed by atoms with van der Waals surface area (Å²) in [6.07, 6.45) is 0.590. The molecule has 3 nitrogen and oxygen atoms in total. The van der Waals surface area contributed by atoms with Crippen LogP contribution in [-0.2, 0) is 11.2 Å². The zero-order valence-corrected chi connectivity index (χ0v) is 8.36. The van der Waals surface area contributed by atoms with Gasteiger partial charge in [-0.15, -0.1) is 0 Å². The number of likely N-dealkylation sites (N-methyl/N-ethyl adjacent to an activating group) is 1. The lowest BCUT2D eigenvalue weighted by Crippen LogP contribution is -2.41. The number of rotatable bonds is 4. The van der Waals surface area contributed by atoms with Gasteiger partial charge in [0, 0.05) is 6.54 Å². The molecular formula is C11H16N2O.